The number of nitrogens with zero attached hydrogens (tertiary/aromatic N) is 4. The fraction of sp³-hybridized carbons (Fsp3) is 0.500. The van der Waals surface area contributed by atoms with Gasteiger partial charge in [0.1, 0.15) is 5.82 Å². The maximum atomic E-state index is 4.28. The quantitative estimate of drug-likeness (QED) is 0.913. The Morgan fingerprint density at radius 2 is 2.00 bits per heavy atom. The molecule has 0 aromatic carbocycles. The van der Waals surface area contributed by atoms with E-state index in [4.69, 9.17) is 0 Å². The van der Waals surface area contributed by atoms with Crippen LogP contribution in [0.15, 0.2) is 24.5 Å². The topological polar surface area (TPSA) is 55.6 Å². The Hall–Kier alpha value is -1.75. The van der Waals surface area contributed by atoms with Crippen LogP contribution >= 0.6 is 0 Å². The van der Waals surface area contributed by atoms with Crippen molar-refractivity contribution < 1.29 is 0 Å². The molecule has 5 heteroatoms. The fourth-order valence-corrected chi connectivity index (χ4v) is 1.74. The van der Waals surface area contributed by atoms with Crippen molar-refractivity contribution in [2.75, 3.05) is 0 Å². The van der Waals surface area contributed by atoms with Gasteiger partial charge in [-0.3, -0.25) is 4.57 Å². The molecule has 2 rings (SSSR count). The van der Waals surface area contributed by atoms with Gasteiger partial charge in [-0.1, -0.05) is 6.92 Å². The van der Waals surface area contributed by atoms with E-state index in [-0.39, 0.29) is 5.54 Å². The van der Waals surface area contributed by atoms with Gasteiger partial charge in [-0.25, -0.2) is 4.98 Å². The minimum absolute atomic E-state index is 0.0834. The Labute approximate surface area is 114 Å². The maximum Gasteiger partial charge on any atom is 0.160 e. The molecule has 0 unspecified atom stereocenters. The van der Waals surface area contributed by atoms with Crippen molar-refractivity contribution in [3.05, 3.63) is 36.0 Å². The minimum atomic E-state index is 0.0834. The van der Waals surface area contributed by atoms with E-state index < -0.39 is 0 Å². The SMILES string of the molecule is CCc1nccn1-c1ccc(CNC(C)(C)C)nn1. The lowest BCUT2D eigenvalue weighted by Crippen LogP contribution is -2.35. The van der Waals surface area contributed by atoms with Crippen LogP contribution in [0.2, 0.25) is 0 Å². The van der Waals surface area contributed by atoms with E-state index in [2.05, 4.69) is 48.2 Å². The van der Waals surface area contributed by atoms with E-state index in [0.717, 1.165) is 30.3 Å². The predicted octanol–water partition coefficient (Wildman–Crippen LogP) is 2.11. The summed E-state index contributed by atoms with van der Waals surface area (Å²) >= 11 is 0. The first-order valence-electron chi connectivity index (χ1n) is 6.60. The van der Waals surface area contributed by atoms with Crippen molar-refractivity contribution >= 4 is 0 Å². The number of aromatic nitrogens is 4. The normalized spacial score (nSPS) is 11.8. The second-order valence-corrected chi connectivity index (χ2v) is 5.55. The molecule has 2 heterocycles. The molecule has 1 N–H and O–H groups in total. The lowest BCUT2D eigenvalue weighted by Gasteiger charge is -2.19. The van der Waals surface area contributed by atoms with Gasteiger partial charge in [0.15, 0.2) is 5.82 Å². The molecular formula is C14H21N5. The molecule has 0 fully saturated rings. The summed E-state index contributed by atoms with van der Waals surface area (Å²) < 4.78 is 1.97. The van der Waals surface area contributed by atoms with Crippen LogP contribution < -0.4 is 5.32 Å². The third-order valence-electron chi connectivity index (χ3n) is 2.79. The van der Waals surface area contributed by atoms with Gasteiger partial charge < -0.3 is 5.32 Å². The lowest BCUT2D eigenvalue weighted by atomic mass is 10.1. The monoisotopic (exact) mass is 259 g/mol. The van der Waals surface area contributed by atoms with Crippen molar-refractivity contribution in [2.45, 2.75) is 46.2 Å². The van der Waals surface area contributed by atoms with Gasteiger partial charge in [-0.2, -0.15) is 5.10 Å². The van der Waals surface area contributed by atoms with Gasteiger partial charge in [0.25, 0.3) is 0 Å². The molecule has 2 aromatic rings. The van der Waals surface area contributed by atoms with Crippen molar-refractivity contribution in [2.24, 2.45) is 0 Å². The zero-order valence-corrected chi connectivity index (χ0v) is 12.0. The number of hydrogen-bond donors (Lipinski definition) is 1. The first kappa shape index (κ1) is 13.7. The highest BCUT2D eigenvalue weighted by Gasteiger charge is 2.09. The van der Waals surface area contributed by atoms with E-state index in [1.807, 2.05) is 22.9 Å². The summed E-state index contributed by atoms with van der Waals surface area (Å²) in [6.07, 6.45) is 4.58. The van der Waals surface area contributed by atoms with E-state index in [9.17, 15) is 0 Å². The highest BCUT2D eigenvalue weighted by atomic mass is 15.2. The van der Waals surface area contributed by atoms with Crippen LogP contribution in [-0.2, 0) is 13.0 Å². The van der Waals surface area contributed by atoms with Crippen LogP contribution in [0.1, 0.15) is 39.2 Å². The van der Waals surface area contributed by atoms with E-state index in [1.165, 1.54) is 0 Å². The van der Waals surface area contributed by atoms with Crippen molar-refractivity contribution in [3.8, 4) is 5.82 Å². The van der Waals surface area contributed by atoms with Crippen molar-refractivity contribution in [1.29, 1.82) is 0 Å². The van der Waals surface area contributed by atoms with Crippen LogP contribution in [0, 0.1) is 0 Å². The Bertz CT molecular complexity index is 522. The van der Waals surface area contributed by atoms with E-state index >= 15 is 0 Å². The molecule has 0 amide bonds. The van der Waals surface area contributed by atoms with Crippen molar-refractivity contribution in [1.82, 2.24) is 25.1 Å². The smallest absolute Gasteiger partial charge is 0.160 e. The third-order valence-corrected chi connectivity index (χ3v) is 2.79. The summed E-state index contributed by atoms with van der Waals surface area (Å²) in [6.45, 7) is 9.20. The molecule has 0 aliphatic rings. The number of aryl methyl sites for hydroxylation is 1. The molecule has 0 saturated carbocycles. The largest absolute Gasteiger partial charge is 0.306 e. The van der Waals surface area contributed by atoms with Gasteiger partial charge in [-0.05, 0) is 32.9 Å². The summed E-state index contributed by atoms with van der Waals surface area (Å²) in [4.78, 5) is 4.28. The Kier molecular flexibility index (Phi) is 3.95. The van der Waals surface area contributed by atoms with E-state index in [0.29, 0.717) is 0 Å². The highest BCUT2D eigenvalue weighted by Crippen LogP contribution is 2.08. The molecule has 0 aliphatic carbocycles. The Morgan fingerprint density at radius 3 is 2.58 bits per heavy atom. The summed E-state index contributed by atoms with van der Waals surface area (Å²) in [7, 11) is 0. The molecular weight excluding hydrogens is 238 g/mol. The molecule has 19 heavy (non-hydrogen) atoms. The second kappa shape index (κ2) is 5.48. The molecule has 0 atom stereocenters. The van der Waals surface area contributed by atoms with Crippen LogP contribution in [-0.4, -0.2) is 25.3 Å². The average molecular weight is 259 g/mol. The molecule has 0 radical (unpaired) electrons. The van der Waals surface area contributed by atoms with Gasteiger partial charge in [0.05, 0.1) is 5.69 Å². The van der Waals surface area contributed by atoms with Crippen LogP contribution in [0.4, 0.5) is 0 Å². The third kappa shape index (κ3) is 3.61. The number of nitrogens with one attached hydrogen (secondary N) is 1. The summed E-state index contributed by atoms with van der Waals surface area (Å²) in [5.41, 5.74) is 1.02. The average Bonchev–Trinajstić information content (AvgIpc) is 2.84. The molecule has 0 spiro atoms. The fourth-order valence-electron chi connectivity index (χ4n) is 1.74. The minimum Gasteiger partial charge on any atom is -0.306 e. The van der Waals surface area contributed by atoms with Gasteiger partial charge >= 0.3 is 0 Å². The summed E-state index contributed by atoms with van der Waals surface area (Å²) in [5, 5.41) is 11.9. The maximum absolute atomic E-state index is 4.28. The van der Waals surface area contributed by atoms with Gasteiger partial charge in [-0.15, -0.1) is 5.10 Å². The number of hydrogen-bond acceptors (Lipinski definition) is 4. The first-order chi connectivity index (χ1) is 8.99. The molecule has 5 nitrogen and oxygen atoms in total. The zero-order chi connectivity index (χ0) is 13.9. The predicted molar refractivity (Wildman–Crippen MR) is 75.1 cm³/mol. The molecule has 0 saturated heterocycles. The van der Waals surface area contributed by atoms with E-state index in [1.54, 1.807) is 6.20 Å². The van der Waals surface area contributed by atoms with Crippen LogP contribution in [0.3, 0.4) is 0 Å². The molecule has 0 aliphatic heterocycles. The first-order valence-corrected chi connectivity index (χ1v) is 6.60. The molecule has 0 bridgehead atoms. The molecule has 2 aromatic heterocycles. The highest BCUT2D eigenvalue weighted by molar-refractivity contribution is 5.24. The van der Waals surface area contributed by atoms with Gasteiger partial charge in [0.2, 0.25) is 0 Å². The lowest BCUT2D eigenvalue weighted by molar-refractivity contribution is 0.420. The zero-order valence-electron chi connectivity index (χ0n) is 12.0. The second-order valence-electron chi connectivity index (χ2n) is 5.55. The summed E-state index contributed by atoms with van der Waals surface area (Å²) in [5.74, 6) is 1.81. The summed E-state index contributed by atoms with van der Waals surface area (Å²) in [6, 6.07) is 3.98. The van der Waals surface area contributed by atoms with Gasteiger partial charge in [0, 0.05) is 30.9 Å². The van der Waals surface area contributed by atoms with Crippen LogP contribution in [0.5, 0.6) is 0 Å². The number of imidazole rings is 1. The van der Waals surface area contributed by atoms with Crippen molar-refractivity contribution in [3.63, 3.8) is 0 Å². The Morgan fingerprint density at radius 1 is 1.21 bits per heavy atom. The Balaban J connectivity index is 2.10. The molecule has 102 valence electrons. The number of rotatable bonds is 4. The standard InChI is InChI=1S/C14H21N5/c1-5-12-15-8-9-19(12)13-7-6-11(17-18-13)10-16-14(2,3)4/h6-9,16H,5,10H2,1-4H3. The van der Waals surface area contributed by atoms with Crippen LogP contribution in [0.25, 0.3) is 5.82 Å².